The quantitative estimate of drug-likeness (QED) is 0.347. The molecule has 0 aliphatic heterocycles. The molecule has 0 amide bonds. The summed E-state index contributed by atoms with van der Waals surface area (Å²) in [4.78, 5) is 0. The number of benzene rings is 3. The van der Waals surface area contributed by atoms with Crippen molar-refractivity contribution in [3.63, 3.8) is 0 Å². The van der Waals surface area contributed by atoms with Crippen LogP contribution in [0.15, 0.2) is 60.7 Å². The van der Waals surface area contributed by atoms with Crippen molar-refractivity contribution in [2.45, 2.75) is 40.0 Å². The fraction of sp³-hybridized carbons (Fsp3) is 0.269. The van der Waals surface area contributed by atoms with Crippen LogP contribution in [0.4, 0.5) is 0 Å². The van der Waals surface area contributed by atoms with Gasteiger partial charge in [0, 0.05) is 27.2 Å². The second kappa shape index (κ2) is 6.20. The Balaban J connectivity index is 2.16. The van der Waals surface area contributed by atoms with Gasteiger partial charge in [-0.25, -0.2) is 0 Å². The standard InChI is InChI=1S/C26H28N/c1-17-15-25(27(6)24-14-10-9-11-19(17)24)22-16-23(26(3,4)5)21-13-8-7-12-20(21)18(22)2/h7-16H,1-6H3/q+1/i1D3. The number of pyridine rings is 1. The van der Waals surface area contributed by atoms with Crippen molar-refractivity contribution in [2.75, 3.05) is 0 Å². The molecular formula is C26H28N+. The van der Waals surface area contributed by atoms with E-state index in [4.69, 9.17) is 4.11 Å². The van der Waals surface area contributed by atoms with E-state index < -0.39 is 6.85 Å². The molecule has 0 saturated heterocycles. The number of para-hydroxylation sites is 1. The van der Waals surface area contributed by atoms with Crippen molar-refractivity contribution in [2.24, 2.45) is 7.05 Å². The van der Waals surface area contributed by atoms with Crippen molar-refractivity contribution in [3.8, 4) is 11.3 Å². The molecule has 0 N–H and O–H groups in total. The van der Waals surface area contributed by atoms with Crippen LogP contribution in [0.1, 0.15) is 41.6 Å². The lowest BCUT2D eigenvalue weighted by molar-refractivity contribution is -0.633. The molecule has 136 valence electrons. The van der Waals surface area contributed by atoms with Crippen LogP contribution in [0.2, 0.25) is 0 Å². The predicted octanol–water partition coefficient (Wildman–Crippen LogP) is 6.40. The van der Waals surface area contributed by atoms with E-state index in [1.165, 1.54) is 21.9 Å². The molecule has 1 nitrogen and oxygen atoms in total. The lowest BCUT2D eigenvalue weighted by atomic mass is 9.80. The molecule has 0 aliphatic rings. The van der Waals surface area contributed by atoms with Gasteiger partial charge in [-0.15, -0.1) is 0 Å². The summed E-state index contributed by atoms with van der Waals surface area (Å²) in [6.45, 7) is 6.63. The smallest absolute Gasteiger partial charge is 0.194 e. The summed E-state index contributed by atoms with van der Waals surface area (Å²) in [5, 5.41) is 3.24. The average Bonchev–Trinajstić information content (AvgIpc) is 2.67. The Labute approximate surface area is 166 Å². The normalized spacial score (nSPS) is 14.2. The maximum atomic E-state index is 8.13. The molecule has 0 spiro atoms. The lowest BCUT2D eigenvalue weighted by Crippen LogP contribution is -2.32. The fourth-order valence-electron chi connectivity index (χ4n) is 4.10. The third kappa shape index (κ3) is 2.82. The van der Waals surface area contributed by atoms with Gasteiger partial charge in [-0.05, 0) is 58.8 Å². The first-order chi connectivity index (χ1) is 14.0. The Hall–Kier alpha value is -2.67. The van der Waals surface area contributed by atoms with Crippen LogP contribution < -0.4 is 4.57 Å². The van der Waals surface area contributed by atoms with E-state index in [9.17, 15) is 0 Å². The topological polar surface area (TPSA) is 3.88 Å². The highest BCUT2D eigenvalue weighted by Gasteiger charge is 2.24. The Morgan fingerprint density at radius 1 is 0.852 bits per heavy atom. The fourth-order valence-corrected chi connectivity index (χ4v) is 4.10. The van der Waals surface area contributed by atoms with Crippen molar-refractivity contribution >= 4 is 21.7 Å². The molecule has 0 aliphatic carbocycles. The van der Waals surface area contributed by atoms with E-state index in [-0.39, 0.29) is 5.41 Å². The minimum Gasteiger partial charge on any atom is -0.194 e. The van der Waals surface area contributed by atoms with Gasteiger partial charge in [0.1, 0.15) is 7.05 Å². The summed E-state index contributed by atoms with van der Waals surface area (Å²) >= 11 is 0. The van der Waals surface area contributed by atoms with E-state index in [2.05, 4.69) is 62.6 Å². The highest BCUT2D eigenvalue weighted by atomic mass is 14.9. The molecule has 1 heterocycles. The molecule has 4 aromatic rings. The zero-order chi connectivity index (χ0) is 21.8. The van der Waals surface area contributed by atoms with E-state index in [0.717, 1.165) is 22.2 Å². The van der Waals surface area contributed by atoms with Crippen LogP contribution in [0.3, 0.4) is 0 Å². The first-order valence-electron chi connectivity index (χ1n) is 11.0. The molecule has 3 aromatic carbocycles. The van der Waals surface area contributed by atoms with Crippen molar-refractivity contribution in [1.82, 2.24) is 0 Å². The van der Waals surface area contributed by atoms with Crippen LogP contribution in [0, 0.1) is 13.8 Å². The summed E-state index contributed by atoms with van der Waals surface area (Å²) in [7, 11) is 2.02. The molecular weight excluding hydrogens is 326 g/mol. The van der Waals surface area contributed by atoms with Gasteiger partial charge in [-0.1, -0.05) is 57.2 Å². The molecule has 0 fully saturated rings. The summed E-state index contributed by atoms with van der Waals surface area (Å²) in [6.07, 6.45) is 0. The van der Waals surface area contributed by atoms with Crippen molar-refractivity contribution < 1.29 is 8.68 Å². The third-order valence-electron chi connectivity index (χ3n) is 5.60. The minimum absolute atomic E-state index is 0.0374. The van der Waals surface area contributed by atoms with E-state index >= 15 is 0 Å². The van der Waals surface area contributed by atoms with E-state index in [1.807, 2.05) is 37.4 Å². The van der Waals surface area contributed by atoms with Gasteiger partial charge in [-0.3, -0.25) is 0 Å². The molecule has 0 saturated carbocycles. The van der Waals surface area contributed by atoms with Crippen molar-refractivity contribution in [1.29, 1.82) is 0 Å². The second-order valence-electron chi connectivity index (χ2n) is 8.41. The van der Waals surface area contributed by atoms with Crippen LogP contribution in [0.5, 0.6) is 0 Å². The SMILES string of the molecule is [2H]C([2H])([2H])c1cc(-c2cc(C(C)(C)C)c3ccccc3c2C)[n+](C)c2ccccc12. The number of aryl methyl sites for hydroxylation is 3. The zero-order valence-corrected chi connectivity index (χ0v) is 16.7. The molecule has 27 heavy (non-hydrogen) atoms. The third-order valence-corrected chi connectivity index (χ3v) is 5.60. The molecule has 1 aromatic heterocycles. The summed E-state index contributed by atoms with van der Waals surface area (Å²) < 4.78 is 26.5. The van der Waals surface area contributed by atoms with E-state index in [1.54, 1.807) is 0 Å². The van der Waals surface area contributed by atoms with Crippen LogP contribution >= 0.6 is 0 Å². The average molecular weight is 358 g/mol. The largest absolute Gasteiger partial charge is 0.213 e. The number of aromatic nitrogens is 1. The first-order valence-corrected chi connectivity index (χ1v) is 9.45. The first kappa shape index (κ1) is 14.4. The Kier molecular flexibility index (Phi) is 3.30. The Bertz CT molecular complexity index is 1180. The maximum absolute atomic E-state index is 8.13. The second-order valence-corrected chi connectivity index (χ2v) is 8.41. The van der Waals surface area contributed by atoms with Crippen molar-refractivity contribution in [3.05, 3.63) is 77.4 Å². The van der Waals surface area contributed by atoms with Gasteiger partial charge in [0.05, 0.1) is 0 Å². The number of fused-ring (bicyclic) bond motifs is 2. The molecule has 0 atom stereocenters. The van der Waals surface area contributed by atoms with Crippen LogP contribution in [-0.2, 0) is 12.5 Å². The lowest BCUT2D eigenvalue weighted by Gasteiger charge is -2.24. The number of hydrogen-bond donors (Lipinski definition) is 0. The van der Waals surface area contributed by atoms with Gasteiger partial charge in [0.15, 0.2) is 0 Å². The number of hydrogen-bond acceptors (Lipinski definition) is 0. The predicted molar refractivity (Wildman–Crippen MR) is 116 cm³/mol. The van der Waals surface area contributed by atoms with Gasteiger partial charge in [-0.2, -0.15) is 4.57 Å². The molecule has 0 unspecified atom stereocenters. The highest BCUT2D eigenvalue weighted by Crippen LogP contribution is 2.37. The minimum atomic E-state index is -2.18. The number of rotatable bonds is 1. The Morgan fingerprint density at radius 3 is 2.15 bits per heavy atom. The summed E-state index contributed by atoms with van der Waals surface area (Å²) in [5.74, 6) is 0. The van der Waals surface area contributed by atoms with Gasteiger partial charge < -0.3 is 0 Å². The molecule has 0 radical (unpaired) electrons. The molecule has 1 heteroatoms. The van der Waals surface area contributed by atoms with Gasteiger partial charge in [0.25, 0.3) is 0 Å². The monoisotopic (exact) mass is 357 g/mol. The molecule has 0 bridgehead atoms. The maximum Gasteiger partial charge on any atom is 0.213 e. The van der Waals surface area contributed by atoms with Crippen LogP contribution in [0.25, 0.3) is 32.9 Å². The van der Waals surface area contributed by atoms with E-state index in [0.29, 0.717) is 5.56 Å². The van der Waals surface area contributed by atoms with Crippen LogP contribution in [-0.4, -0.2) is 0 Å². The zero-order valence-electron chi connectivity index (χ0n) is 19.7. The Morgan fingerprint density at radius 2 is 1.48 bits per heavy atom. The summed E-state index contributed by atoms with van der Waals surface area (Å²) in [5.41, 5.74) is 5.72. The molecule has 4 rings (SSSR count). The highest BCUT2D eigenvalue weighted by molar-refractivity contribution is 5.94. The van der Waals surface area contributed by atoms with Gasteiger partial charge >= 0.3 is 0 Å². The summed E-state index contributed by atoms with van der Waals surface area (Å²) in [6, 6.07) is 20.4. The van der Waals surface area contributed by atoms with Gasteiger partial charge in [0.2, 0.25) is 11.2 Å². The number of nitrogens with zero attached hydrogens (tertiary/aromatic N) is 1.